The van der Waals surface area contributed by atoms with Gasteiger partial charge in [0.05, 0.1) is 6.20 Å². The molecular formula is C8H10N4O. The molecule has 0 aliphatic heterocycles. The first-order chi connectivity index (χ1) is 6.18. The monoisotopic (exact) mass is 178 g/mol. The van der Waals surface area contributed by atoms with Crippen LogP contribution in [0, 0.1) is 6.92 Å². The fraction of sp³-hybridized carbons (Fsp3) is 0.250. The Labute approximate surface area is 75.1 Å². The molecule has 5 heteroatoms. The molecule has 0 spiro atoms. The molecule has 2 N–H and O–H groups in total. The number of hydrogen-bond acceptors (Lipinski definition) is 4. The molecular weight excluding hydrogens is 168 g/mol. The van der Waals surface area contributed by atoms with Crippen molar-refractivity contribution >= 4 is 5.69 Å². The first-order valence-electron chi connectivity index (χ1n) is 3.89. The van der Waals surface area contributed by atoms with E-state index in [-0.39, 0.29) is 0 Å². The van der Waals surface area contributed by atoms with Crippen molar-refractivity contribution in [1.29, 1.82) is 0 Å². The molecule has 13 heavy (non-hydrogen) atoms. The molecule has 2 aromatic heterocycles. The molecule has 0 saturated heterocycles. The molecule has 0 aromatic carbocycles. The number of aryl methyl sites for hydroxylation is 2. The SMILES string of the molecule is Cc1cn(C)nc1-c1oncc1N. The fourth-order valence-electron chi connectivity index (χ4n) is 1.26. The van der Waals surface area contributed by atoms with E-state index >= 15 is 0 Å². The Bertz CT molecular complexity index is 429. The average Bonchev–Trinajstić information content (AvgIpc) is 2.58. The molecule has 0 radical (unpaired) electrons. The van der Waals surface area contributed by atoms with Gasteiger partial charge in [-0.05, 0) is 12.5 Å². The summed E-state index contributed by atoms with van der Waals surface area (Å²) >= 11 is 0. The second-order valence-electron chi connectivity index (χ2n) is 2.94. The van der Waals surface area contributed by atoms with E-state index < -0.39 is 0 Å². The van der Waals surface area contributed by atoms with Gasteiger partial charge in [0.15, 0.2) is 0 Å². The minimum atomic E-state index is 0.516. The van der Waals surface area contributed by atoms with Crippen LogP contribution in [0.25, 0.3) is 11.5 Å². The molecule has 5 nitrogen and oxygen atoms in total. The molecule has 0 unspecified atom stereocenters. The van der Waals surface area contributed by atoms with Gasteiger partial charge >= 0.3 is 0 Å². The largest absolute Gasteiger partial charge is 0.394 e. The van der Waals surface area contributed by atoms with E-state index in [2.05, 4.69) is 10.3 Å². The number of hydrogen-bond donors (Lipinski definition) is 1. The summed E-state index contributed by atoms with van der Waals surface area (Å²) in [5, 5.41) is 7.82. The molecule has 2 aromatic rings. The van der Waals surface area contributed by atoms with Crippen molar-refractivity contribution in [3.63, 3.8) is 0 Å². The normalized spacial score (nSPS) is 10.6. The quantitative estimate of drug-likeness (QED) is 0.706. The van der Waals surface area contributed by atoms with Crippen LogP contribution in [0.15, 0.2) is 16.9 Å². The van der Waals surface area contributed by atoms with Crippen LogP contribution in [0.4, 0.5) is 5.69 Å². The Balaban J connectivity index is 2.58. The van der Waals surface area contributed by atoms with Crippen LogP contribution in [0.1, 0.15) is 5.56 Å². The van der Waals surface area contributed by atoms with Crippen molar-refractivity contribution < 1.29 is 4.52 Å². The zero-order valence-corrected chi connectivity index (χ0v) is 7.48. The second kappa shape index (κ2) is 2.62. The molecule has 0 aliphatic carbocycles. The Morgan fingerprint density at radius 2 is 2.31 bits per heavy atom. The fourth-order valence-corrected chi connectivity index (χ4v) is 1.26. The third-order valence-corrected chi connectivity index (χ3v) is 1.82. The average molecular weight is 178 g/mol. The van der Waals surface area contributed by atoms with Gasteiger partial charge in [0.25, 0.3) is 0 Å². The highest BCUT2D eigenvalue weighted by Crippen LogP contribution is 2.26. The Morgan fingerprint density at radius 1 is 1.54 bits per heavy atom. The predicted octanol–water partition coefficient (Wildman–Crippen LogP) is 0.966. The van der Waals surface area contributed by atoms with Gasteiger partial charge in [0, 0.05) is 13.2 Å². The smallest absolute Gasteiger partial charge is 0.210 e. The molecule has 0 atom stereocenters. The van der Waals surface area contributed by atoms with Gasteiger partial charge in [-0.15, -0.1) is 0 Å². The summed E-state index contributed by atoms with van der Waals surface area (Å²) in [6.07, 6.45) is 3.38. The second-order valence-corrected chi connectivity index (χ2v) is 2.94. The van der Waals surface area contributed by atoms with Crippen LogP contribution in [0.3, 0.4) is 0 Å². The number of aromatic nitrogens is 3. The van der Waals surface area contributed by atoms with Gasteiger partial charge in [-0.1, -0.05) is 5.16 Å². The molecule has 0 fully saturated rings. The molecule has 0 aliphatic rings. The predicted molar refractivity (Wildman–Crippen MR) is 47.9 cm³/mol. The number of nitrogen functional groups attached to an aromatic ring is 1. The Morgan fingerprint density at radius 3 is 2.77 bits per heavy atom. The highest BCUT2D eigenvalue weighted by molar-refractivity contribution is 5.68. The highest BCUT2D eigenvalue weighted by atomic mass is 16.5. The Hall–Kier alpha value is -1.78. The minimum absolute atomic E-state index is 0.516. The van der Waals surface area contributed by atoms with E-state index in [9.17, 15) is 0 Å². The number of nitrogens with two attached hydrogens (primary N) is 1. The maximum Gasteiger partial charge on any atom is 0.210 e. The van der Waals surface area contributed by atoms with Gasteiger partial charge in [-0.2, -0.15) is 5.10 Å². The maximum atomic E-state index is 5.65. The summed E-state index contributed by atoms with van der Waals surface area (Å²) < 4.78 is 6.71. The van der Waals surface area contributed by atoms with Gasteiger partial charge in [0.1, 0.15) is 11.4 Å². The van der Waals surface area contributed by atoms with E-state index in [0.717, 1.165) is 11.3 Å². The van der Waals surface area contributed by atoms with E-state index in [1.54, 1.807) is 4.68 Å². The van der Waals surface area contributed by atoms with E-state index in [1.165, 1.54) is 6.20 Å². The van der Waals surface area contributed by atoms with Crippen LogP contribution >= 0.6 is 0 Å². The lowest BCUT2D eigenvalue weighted by Crippen LogP contribution is -1.89. The summed E-state index contributed by atoms with van der Waals surface area (Å²) in [6.45, 7) is 1.95. The van der Waals surface area contributed by atoms with Crippen LogP contribution < -0.4 is 5.73 Å². The summed E-state index contributed by atoms with van der Waals surface area (Å²) in [6, 6.07) is 0. The van der Waals surface area contributed by atoms with Crippen molar-refractivity contribution in [2.24, 2.45) is 7.05 Å². The van der Waals surface area contributed by atoms with Crippen molar-refractivity contribution in [3.05, 3.63) is 18.0 Å². The molecule has 68 valence electrons. The topological polar surface area (TPSA) is 69.9 Å². The summed E-state index contributed by atoms with van der Waals surface area (Å²) in [5.74, 6) is 0.540. The summed E-state index contributed by atoms with van der Waals surface area (Å²) in [4.78, 5) is 0. The van der Waals surface area contributed by atoms with Crippen molar-refractivity contribution in [3.8, 4) is 11.5 Å². The van der Waals surface area contributed by atoms with Crippen LogP contribution in [-0.4, -0.2) is 14.9 Å². The van der Waals surface area contributed by atoms with Crippen molar-refractivity contribution in [2.45, 2.75) is 6.92 Å². The summed E-state index contributed by atoms with van der Waals surface area (Å²) in [7, 11) is 1.85. The highest BCUT2D eigenvalue weighted by Gasteiger charge is 2.13. The number of rotatable bonds is 1. The van der Waals surface area contributed by atoms with E-state index in [0.29, 0.717) is 11.4 Å². The van der Waals surface area contributed by atoms with Crippen LogP contribution in [0.5, 0.6) is 0 Å². The van der Waals surface area contributed by atoms with Gasteiger partial charge in [-0.25, -0.2) is 0 Å². The Kier molecular flexibility index (Phi) is 1.58. The molecule has 0 saturated carbocycles. The maximum absolute atomic E-state index is 5.65. The lowest BCUT2D eigenvalue weighted by atomic mass is 10.2. The molecule has 0 bridgehead atoms. The van der Waals surface area contributed by atoms with Crippen molar-refractivity contribution in [2.75, 3.05) is 5.73 Å². The standard InChI is InChI=1S/C8H10N4O/c1-5-4-12(2)11-7(5)8-6(9)3-10-13-8/h3-4H,9H2,1-2H3. The zero-order chi connectivity index (χ0) is 9.42. The van der Waals surface area contributed by atoms with Crippen LogP contribution in [-0.2, 0) is 7.05 Å². The number of anilines is 1. The zero-order valence-electron chi connectivity index (χ0n) is 7.48. The van der Waals surface area contributed by atoms with Crippen LogP contribution in [0.2, 0.25) is 0 Å². The lowest BCUT2D eigenvalue weighted by molar-refractivity contribution is 0.430. The molecule has 2 heterocycles. The first-order valence-corrected chi connectivity index (χ1v) is 3.89. The third kappa shape index (κ3) is 1.18. The van der Waals surface area contributed by atoms with Gasteiger partial charge < -0.3 is 10.3 Å². The van der Waals surface area contributed by atoms with E-state index in [4.69, 9.17) is 10.3 Å². The minimum Gasteiger partial charge on any atom is -0.394 e. The number of nitrogens with zero attached hydrogens (tertiary/aromatic N) is 3. The lowest BCUT2D eigenvalue weighted by Gasteiger charge is -1.91. The van der Waals surface area contributed by atoms with Crippen molar-refractivity contribution in [1.82, 2.24) is 14.9 Å². The van der Waals surface area contributed by atoms with Gasteiger partial charge in [-0.3, -0.25) is 4.68 Å². The van der Waals surface area contributed by atoms with E-state index in [1.807, 2.05) is 20.2 Å². The summed E-state index contributed by atoms with van der Waals surface area (Å²) in [5.41, 5.74) is 7.93. The van der Waals surface area contributed by atoms with Gasteiger partial charge in [0.2, 0.25) is 5.76 Å². The molecule has 2 rings (SSSR count). The third-order valence-electron chi connectivity index (χ3n) is 1.82. The first kappa shape index (κ1) is 7.85. The molecule has 0 amide bonds.